The zero-order valence-corrected chi connectivity index (χ0v) is 11.4. The van der Waals surface area contributed by atoms with E-state index in [0.717, 1.165) is 9.87 Å². The quantitative estimate of drug-likeness (QED) is 0.874. The Bertz CT molecular complexity index is 558. The summed E-state index contributed by atoms with van der Waals surface area (Å²) in [7, 11) is -3.68. The molecule has 1 atom stereocenters. The molecule has 1 aliphatic rings. The summed E-state index contributed by atoms with van der Waals surface area (Å²) in [6.45, 7) is 2.18. The number of hydrogen-bond acceptors (Lipinski definition) is 3. The second-order valence-electron chi connectivity index (χ2n) is 4.45. The molecule has 0 spiro atoms. The van der Waals surface area contributed by atoms with E-state index < -0.39 is 22.2 Å². The largest absolute Gasteiger partial charge is 0.480 e. The summed E-state index contributed by atoms with van der Waals surface area (Å²) in [5.74, 6) is -1.13. The monoisotopic (exact) mass is 284 g/mol. The maximum absolute atomic E-state index is 12.2. The van der Waals surface area contributed by atoms with Crippen molar-refractivity contribution in [2.45, 2.75) is 19.5 Å². The Morgan fingerprint density at radius 1 is 1.32 bits per heavy atom. The van der Waals surface area contributed by atoms with Gasteiger partial charge in [-0.2, -0.15) is 17.0 Å². The van der Waals surface area contributed by atoms with Gasteiger partial charge in [-0.05, 0) is 12.5 Å². The molecule has 19 heavy (non-hydrogen) atoms. The maximum atomic E-state index is 12.2. The van der Waals surface area contributed by atoms with Crippen LogP contribution in [0.3, 0.4) is 0 Å². The number of rotatable bonds is 4. The van der Waals surface area contributed by atoms with Gasteiger partial charge in [-0.15, -0.1) is 0 Å². The smallest absolute Gasteiger partial charge is 0.321 e. The lowest BCUT2D eigenvalue weighted by Crippen LogP contribution is -2.42. The number of carboxylic acids is 1. The number of benzene rings is 1. The Morgan fingerprint density at radius 2 is 1.95 bits per heavy atom. The average molecular weight is 284 g/mol. The van der Waals surface area contributed by atoms with Crippen LogP contribution in [0.25, 0.3) is 0 Å². The van der Waals surface area contributed by atoms with Gasteiger partial charge < -0.3 is 5.11 Å². The maximum Gasteiger partial charge on any atom is 0.321 e. The molecule has 0 bridgehead atoms. The van der Waals surface area contributed by atoms with Gasteiger partial charge in [-0.25, -0.2) is 0 Å². The van der Waals surface area contributed by atoms with E-state index >= 15 is 0 Å². The van der Waals surface area contributed by atoms with Crippen molar-refractivity contribution in [3.8, 4) is 0 Å². The molecule has 104 valence electrons. The lowest BCUT2D eigenvalue weighted by molar-refractivity contribution is -0.140. The summed E-state index contributed by atoms with van der Waals surface area (Å²) in [6.07, 6.45) is 0. The molecule has 1 fully saturated rings. The van der Waals surface area contributed by atoms with E-state index in [-0.39, 0.29) is 13.1 Å². The van der Waals surface area contributed by atoms with Crippen molar-refractivity contribution in [2.75, 3.05) is 13.1 Å². The molecule has 1 saturated heterocycles. The highest BCUT2D eigenvalue weighted by molar-refractivity contribution is 7.87. The molecule has 2 rings (SSSR count). The van der Waals surface area contributed by atoms with Gasteiger partial charge in [0.1, 0.15) is 6.04 Å². The van der Waals surface area contributed by atoms with E-state index in [1.165, 1.54) is 11.2 Å². The first-order valence-corrected chi connectivity index (χ1v) is 7.36. The fourth-order valence-electron chi connectivity index (χ4n) is 2.05. The lowest BCUT2D eigenvalue weighted by atomic mass is 10.2. The standard InChI is InChI=1S/C12H16N2O4S/c1-10(12(15)16)14-8-7-13(19(14,17)18)9-11-5-3-2-4-6-11/h2-6,10H,7-9H2,1H3,(H,15,16). The van der Waals surface area contributed by atoms with Crippen molar-refractivity contribution in [1.82, 2.24) is 8.61 Å². The molecule has 7 heteroatoms. The predicted molar refractivity (Wildman–Crippen MR) is 69.6 cm³/mol. The number of nitrogens with zero attached hydrogens (tertiary/aromatic N) is 2. The third-order valence-corrected chi connectivity index (χ3v) is 5.24. The topological polar surface area (TPSA) is 77.9 Å². The highest BCUT2D eigenvalue weighted by Gasteiger charge is 2.41. The number of aliphatic carboxylic acids is 1. The molecule has 1 N–H and O–H groups in total. The van der Waals surface area contributed by atoms with Crippen LogP contribution in [0.15, 0.2) is 30.3 Å². The van der Waals surface area contributed by atoms with Crippen LogP contribution in [-0.4, -0.2) is 47.2 Å². The number of carbonyl (C=O) groups is 1. The summed E-state index contributed by atoms with van der Waals surface area (Å²) >= 11 is 0. The van der Waals surface area contributed by atoms with Crippen molar-refractivity contribution >= 4 is 16.2 Å². The van der Waals surface area contributed by atoms with Crippen LogP contribution in [0.2, 0.25) is 0 Å². The first-order valence-electron chi connectivity index (χ1n) is 5.96. The molecule has 0 amide bonds. The minimum absolute atomic E-state index is 0.211. The highest BCUT2D eigenvalue weighted by Crippen LogP contribution is 2.21. The second-order valence-corrected chi connectivity index (χ2v) is 6.33. The molecule has 1 aromatic carbocycles. The van der Waals surface area contributed by atoms with Gasteiger partial charge >= 0.3 is 5.97 Å². The molecule has 0 aromatic heterocycles. The Labute approximate surface area is 112 Å². The van der Waals surface area contributed by atoms with Gasteiger partial charge in [-0.3, -0.25) is 4.79 Å². The fourth-order valence-corrected chi connectivity index (χ4v) is 3.78. The van der Waals surface area contributed by atoms with Crippen LogP contribution < -0.4 is 0 Å². The van der Waals surface area contributed by atoms with E-state index in [1.54, 1.807) is 0 Å². The molecule has 1 heterocycles. The third-order valence-electron chi connectivity index (χ3n) is 3.18. The van der Waals surface area contributed by atoms with Crippen LogP contribution >= 0.6 is 0 Å². The minimum Gasteiger partial charge on any atom is -0.480 e. The molecule has 0 saturated carbocycles. The van der Waals surface area contributed by atoms with E-state index in [0.29, 0.717) is 6.54 Å². The van der Waals surface area contributed by atoms with Crippen molar-refractivity contribution in [3.63, 3.8) is 0 Å². The number of carboxylic acid groups (broad SMARTS) is 1. The van der Waals surface area contributed by atoms with Crippen molar-refractivity contribution in [3.05, 3.63) is 35.9 Å². The van der Waals surface area contributed by atoms with Crippen LogP contribution in [-0.2, 0) is 21.5 Å². The van der Waals surface area contributed by atoms with Gasteiger partial charge in [0.25, 0.3) is 10.2 Å². The molecule has 1 aliphatic heterocycles. The van der Waals surface area contributed by atoms with Gasteiger partial charge in [0.05, 0.1) is 0 Å². The number of hydrogen-bond donors (Lipinski definition) is 1. The van der Waals surface area contributed by atoms with Crippen LogP contribution in [0.4, 0.5) is 0 Å². The van der Waals surface area contributed by atoms with E-state index in [2.05, 4.69) is 0 Å². The van der Waals surface area contributed by atoms with Crippen LogP contribution in [0.1, 0.15) is 12.5 Å². The normalized spacial score (nSPS) is 21.3. The predicted octanol–water partition coefficient (Wildman–Crippen LogP) is 0.522. The van der Waals surface area contributed by atoms with Crippen molar-refractivity contribution in [1.29, 1.82) is 0 Å². The van der Waals surface area contributed by atoms with Crippen LogP contribution in [0, 0.1) is 0 Å². The summed E-state index contributed by atoms with van der Waals surface area (Å²) < 4.78 is 26.8. The first kappa shape index (κ1) is 14.0. The minimum atomic E-state index is -3.68. The third kappa shape index (κ3) is 2.78. The Balaban J connectivity index is 2.16. The van der Waals surface area contributed by atoms with Crippen LogP contribution in [0.5, 0.6) is 0 Å². The zero-order valence-electron chi connectivity index (χ0n) is 10.6. The highest BCUT2D eigenvalue weighted by atomic mass is 32.2. The Morgan fingerprint density at radius 3 is 2.53 bits per heavy atom. The molecule has 6 nitrogen and oxygen atoms in total. The molecule has 0 aliphatic carbocycles. The Kier molecular flexibility index (Phi) is 3.88. The first-order chi connectivity index (χ1) is 8.93. The van der Waals surface area contributed by atoms with Crippen molar-refractivity contribution in [2.24, 2.45) is 0 Å². The molecular formula is C12H16N2O4S. The van der Waals surface area contributed by atoms with E-state index in [1.807, 2.05) is 30.3 Å². The fraction of sp³-hybridized carbons (Fsp3) is 0.417. The van der Waals surface area contributed by atoms with E-state index in [9.17, 15) is 13.2 Å². The zero-order chi connectivity index (χ0) is 14.0. The Hall–Kier alpha value is -1.44. The summed E-state index contributed by atoms with van der Waals surface area (Å²) in [5.41, 5.74) is 0.885. The molecule has 1 aromatic rings. The van der Waals surface area contributed by atoms with Gasteiger partial charge in [0, 0.05) is 19.6 Å². The molecule has 1 unspecified atom stereocenters. The summed E-state index contributed by atoms with van der Waals surface area (Å²) in [4.78, 5) is 10.9. The molecule has 0 radical (unpaired) electrons. The summed E-state index contributed by atoms with van der Waals surface area (Å²) in [5, 5.41) is 8.93. The SMILES string of the molecule is CC(C(=O)O)N1CCN(Cc2ccccc2)S1(=O)=O. The summed E-state index contributed by atoms with van der Waals surface area (Å²) in [6, 6.07) is 8.20. The van der Waals surface area contributed by atoms with Gasteiger partial charge in [0.2, 0.25) is 0 Å². The van der Waals surface area contributed by atoms with E-state index in [4.69, 9.17) is 5.11 Å². The molecular weight excluding hydrogens is 268 g/mol. The van der Waals surface area contributed by atoms with Gasteiger partial charge in [-0.1, -0.05) is 30.3 Å². The van der Waals surface area contributed by atoms with Crippen molar-refractivity contribution < 1.29 is 18.3 Å². The average Bonchev–Trinajstić information content (AvgIpc) is 2.65. The second kappa shape index (κ2) is 5.28. The van der Waals surface area contributed by atoms with Gasteiger partial charge in [0.15, 0.2) is 0 Å². The lowest BCUT2D eigenvalue weighted by Gasteiger charge is -2.21.